The molecule has 0 aliphatic rings. The van der Waals surface area contributed by atoms with E-state index in [0.29, 0.717) is 0 Å². The first-order valence-corrected chi connectivity index (χ1v) is 10.5. The molecule has 0 fully saturated rings. The van der Waals surface area contributed by atoms with E-state index in [0.717, 1.165) is 36.5 Å². The van der Waals surface area contributed by atoms with Crippen LogP contribution in [0.15, 0.2) is 12.2 Å². The van der Waals surface area contributed by atoms with Crippen LogP contribution in [0, 0.1) is 0 Å². The van der Waals surface area contributed by atoms with Crippen molar-refractivity contribution in [2.75, 3.05) is 48.5 Å². The zero-order chi connectivity index (χ0) is 17.2. The molecule has 22 heavy (non-hydrogen) atoms. The smallest absolute Gasteiger partial charge is 0.500 e. The second-order valence-corrected chi connectivity index (χ2v) is 10.3. The summed E-state index contributed by atoms with van der Waals surface area (Å²) in [5.74, 6) is 0. The molecular formula is C14H31NO5SSi. The molecule has 2 unspecified atom stereocenters. The quantitative estimate of drug-likeness (QED) is 0.230. The monoisotopic (exact) mass is 353 g/mol. The topological polar surface area (TPSA) is 67.8 Å². The summed E-state index contributed by atoms with van der Waals surface area (Å²) in [7, 11) is 6.75. The van der Waals surface area contributed by atoms with Crippen LogP contribution in [0.1, 0.15) is 19.8 Å². The lowest BCUT2D eigenvalue weighted by atomic mass is 10.3. The standard InChI is InChI=1S/C14H31NO5SSi/c1-14(21(16)17)10-7-8-11-15(2,3)12-9-13-22(18-4,19-5)20-6/h7,10,14H,8-9,11-13H2,1-6H3. The highest BCUT2D eigenvalue weighted by molar-refractivity contribution is 7.79. The van der Waals surface area contributed by atoms with Gasteiger partial charge in [-0.15, -0.1) is 0 Å². The van der Waals surface area contributed by atoms with Crippen molar-refractivity contribution in [1.29, 1.82) is 0 Å². The van der Waals surface area contributed by atoms with Gasteiger partial charge in [-0.25, -0.2) is 0 Å². The van der Waals surface area contributed by atoms with Crippen LogP contribution in [0.5, 0.6) is 0 Å². The van der Waals surface area contributed by atoms with Gasteiger partial charge in [-0.3, -0.25) is 4.21 Å². The van der Waals surface area contributed by atoms with E-state index in [1.807, 2.05) is 6.08 Å². The highest BCUT2D eigenvalue weighted by Gasteiger charge is 2.37. The van der Waals surface area contributed by atoms with Gasteiger partial charge in [0.1, 0.15) is 0 Å². The summed E-state index contributed by atoms with van der Waals surface area (Å²) in [5, 5.41) is -0.424. The number of hydrogen-bond acceptors (Lipinski definition) is 5. The minimum atomic E-state index is -2.48. The normalized spacial score (nSPS) is 16.1. The molecule has 0 saturated carbocycles. The van der Waals surface area contributed by atoms with E-state index in [4.69, 9.17) is 13.3 Å². The van der Waals surface area contributed by atoms with Gasteiger partial charge in [0.2, 0.25) is 0 Å². The third kappa shape index (κ3) is 8.52. The van der Waals surface area contributed by atoms with Crippen LogP contribution in [0.2, 0.25) is 6.04 Å². The van der Waals surface area contributed by atoms with Crippen molar-refractivity contribution in [3.8, 4) is 0 Å². The van der Waals surface area contributed by atoms with Gasteiger partial charge in [0.25, 0.3) is 0 Å². The van der Waals surface area contributed by atoms with Crippen molar-refractivity contribution in [2.24, 2.45) is 0 Å². The van der Waals surface area contributed by atoms with Crippen LogP contribution in [-0.4, -0.2) is 75.8 Å². The molecule has 0 spiro atoms. The summed E-state index contributed by atoms with van der Waals surface area (Å²) >= 11 is -2.03. The summed E-state index contributed by atoms with van der Waals surface area (Å²) in [6.07, 6.45) is 5.50. The maximum absolute atomic E-state index is 10.7. The largest absolute Gasteiger partial charge is 0.772 e. The van der Waals surface area contributed by atoms with Crippen LogP contribution in [0.25, 0.3) is 0 Å². The van der Waals surface area contributed by atoms with Crippen molar-refractivity contribution in [3.63, 3.8) is 0 Å². The number of rotatable bonds is 12. The molecular weight excluding hydrogens is 322 g/mol. The third-order valence-corrected chi connectivity index (χ3v) is 7.39. The SMILES string of the molecule is CO[Si](CCC[N+](C)(C)CCC=CC(C)S(=O)[O-])(OC)OC. The Morgan fingerprint density at radius 3 is 2.18 bits per heavy atom. The van der Waals surface area contributed by atoms with Crippen molar-refractivity contribution < 1.29 is 26.5 Å². The van der Waals surface area contributed by atoms with Gasteiger partial charge in [0.15, 0.2) is 0 Å². The van der Waals surface area contributed by atoms with Crippen molar-refractivity contribution >= 4 is 19.9 Å². The Kier molecular flexibility index (Phi) is 10.6. The molecule has 6 nitrogen and oxygen atoms in total. The van der Waals surface area contributed by atoms with E-state index in [1.165, 1.54) is 0 Å². The molecule has 0 amide bonds. The van der Waals surface area contributed by atoms with Crippen molar-refractivity contribution in [3.05, 3.63) is 12.2 Å². The Balaban J connectivity index is 4.17. The van der Waals surface area contributed by atoms with Gasteiger partial charge in [-0.1, -0.05) is 12.2 Å². The molecule has 0 N–H and O–H groups in total. The molecule has 0 aromatic carbocycles. The summed E-state index contributed by atoms with van der Waals surface area (Å²) < 4.78 is 38.6. The van der Waals surface area contributed by atoms with Gasteiger partial charge in [-0.05, 0) is 18.0 Å². The number of hydrogen-bond donors (Lipinski definition) is 0. The average molecular weight is 354 g/mol. The van der Waals surface area contributed by atoms with Crippen molar-refractivity contribution in [1.82, 2.24) is 0 Å². The third-order valence-electron chi connectivity index (χ3n) is 3.79. The molecule has 0 saturated heterocycles. The fraction of sp³-hybridized carbons (Fsp3) is 0.857. The lowest BCUT2D eigenvalue weighted by molar-refractivity contribution is -0.890. The lowest BCUT2D eigenvalue weighted by Crippen LogP contribution is -2.45. The fourth-order valence-electron chi connectivity index (χ4n) is 2.17. The van der Waals surface area contributed by atoms with E-state index in [9.17, 15) is 8.76 Å². The fourth-order valence-corrected chi connectivity index (χ4v) is 4.11. The number of quaternary nitrogens is 1. The summed E-state index contributed by atoms with van der Waals surface area (Å²) in [6.45, 7) is 3.61. The summed E-state index contributed by atoms with van der Waals surface area (Å²) in [6, 6.07) is 0.792. The van der Waals surface area contributed by atoms with Gasteiger partial charge >= 0.3 is 8.80 Å². The molecule has 132 valence electrons. The Morgan fingerprint density at radius 2 is 1.73 bits per heavy atom. The zero-order valence-electron chi connectivity index (χ0n) is 14.7. The highest BCUT2D eigenvalue weighted by Crippen LogP contribution is 2.16. The van der Waals surface area contributed by atoms with E-state index in [2.05, 4.69) is 14.1 Å². The second kappa shape index (κ2) is 10.6. The number of nitrogens with zero attached hydrogens (tertiary/aromatic N) is 1. The molecule has 0 heterocycles. The molecule has 0 radical (unpaired) electrons. The van der Waals surface area contributed by atoms with Crippen molar-refractivity contribution in [2.45, 2.75) is 31.1 Å². The molecule has 8 heteroatoms. The molecule has 0 rings (SSSR count). The Bertz CT molecular complexity index is 353. The Hall–Kier alpha value is -0.0931. The summed E-state index contributed by atoms with van der Waals surface area (Å²) in [5.41, 5.74) is 0. The van der Waals surface area contributed by atoms with Gasteiger partial charge < -0.3 is 22.3 Å². The molecule has 0 bridgehead atoms. The van der Waals surface area contributed by atoms with E-state index in [-0.39, 0.29) is 0 Å². The first-order chi connectivity index (χ1) is 10.2. The minimum absolute atomic E-state index is 0.424. The first-order valence-electron chi connectivity index (χ1n) is 7.44. The summed E-state index contributed by atoms with van der Waals surface area (Å²) in [4.78, 5) is 0. The van der Waals surface area contributed by atoms with Crippen LogP contribution < -0.4 is 0 Å². The Morgan fingerprint density at radius 1 is 1.18 bits per heavy atom. The van der Waals surface area contributed by atoms with E-state index < -0.39 is 25.1 Å². The van der Waals surface area contributed by atoms with Crippen LogP contribution in [-0.2, 0) is 24.4 Å². The minimum Gasteiger partial charge on any atom is -0.772 e. The molecule has 0 aliphatic heterocycles. The van der Waals surface area contributed by atoms with Crippen LogP contribution >= 0.6 is 0 Å². The van der Waals surface area contributed by atoms with Gasteiger partial charge in [-0.2, -0.15) is 0 Å². The molecule has 0 aliphatic carbocycles. The Labute approximate surface area is 138 Å². The van der Waals surface area contributed by atoms with Crippen LogP contribution in [0.3, 0.4) is 0 Å². The molecule has 2 atom stereocenters. The predicted molar refractivity (Wildman–Crippen MR) is 90.2 cm³/mol. The van der Waals surface area contributed by atoms with Gasteiger partial charge in [0.05, 0.1) is 27.2 Å². The average Bonchev–Trinajstić information content (AvgIpc) is 2.48. The highest BCUT2D eigenvalue weighted by atomic mass is 32.2. The predicted octanol–water partition coefficient (Wildman–Crippen LogP) is 1.54. The zero-order valence-corrected chi connectivity index (χ0v) is 16.5. The van der Waals surface area contributed by atoms with E-state index >= 15 is 0 Å². The van der Waals surface area contributed by atoms with E-state index in [1.54, 1.807) is 34.3 Å². The molecule has 0 aromatic rings. The maximum Gasteiger partial charge on any atom is 0.500 e. The molecule has 0 aromatic heterocycles. The first kappa shape index (κ1) is 21.9. The van der Waals surface area contributed by atoms with Gasteiger partial charge in [0, 0.05) is 45.5 Å². The van der Waals surface area contributed by atoms with Crippen LogP contribution in [0.4, 0.5) is 0 Å². The lowest BCUT2D eigenvalue weighted by Gasteiger charge is -2.31. The maximum atomic E-state index is 10.7. The second-order valence-electron chi connectivity index (χ2n) is 5.96.